The molecule has 0 aliphatic carbocycles. The molecule has 1 aromatic carbocycles. The molecule has 1 aromatic rings. The minimum atomic E-state index is -0.820. The van der Waals surface area contributed by atoms with Gasteiger partial charge in [0, 0.05) is 6.54 Å². The molecule has 19 heavy (non-hydrogen) atoms. The van der Waals surface area contributed by atoms with Crippen LogP contribution in [0.2, 0.25) is 0 Å². The van der Waals surface area contributed by atoms with E-state index in [9.17, 15) is 9.59 Å². The molecule has 0 heterocycles. The highest BCUT2D eigenvalue weighted by Gasteiger charge is 2.13. The van der Waals surface area contributed by atoms with E-state index in [1.54, 1.807) is 6.92 Å². The molecule has 0 atom stereocenters. The first-order chi connectivity index (χ1) is 8.97. The predicted molar refractivity (Wildman–Crippen MR) is 74.0 cm³/mol. The molecule has 104 valence electrons. The van der Waals surface area contributed by atoms with Crippen molar-refractivity contribution in [1.82, 2.24) is 5.32 Å². The summed E-state index contributed by atoms with van der Waals surface area (Å²) in [4.78, 5) is 22.5. The third kappa shape index (κ3) is 4.09. The highest BCUT2D eigenvalue weighted by molar-refractivity contribution is 6.32. The molecule has 0 aliphatic rings. The van der Waals surface area contributed by atoms with Crippen LogP contribution in [0.3, 0.4) is 0 Å². The molecular formula is C15H21NO3. The molecule has 0 spiro atoms. The van der Waals surface area contributed by atoms with E-state index < -0.39 is 11.9 Å². The number of nitrogens with one attached hydrogen (secondary N) is 1. The van der Waals surface area contributed by atoms with Crippen LogP contribution in [-0.2, 0) is 20.7 Å². The summed E-state index contributed by atoms with van der Waals surface area (Å²) in [5.41, 5.74) is 4.96. The molecule has 4 heteroatoms. The van der Waals surface area contributed by atoms with Crippen LogP contribution in [0.15, 0.2) is 12.1 Å². The summed E-state index contributed by atoms with van der Waals surface area (Å²) in [7, 11) is 0. The average molecular weight is 263 g/mol. The van der Waals surface area contributed by atoms with E-state index in [0.29, 0.717) is 13.0 Å². The van der Waals surface area contributed by atoms with E-state index in [1.807, 2.05) is 0 Å². The Balaban J connectivity index is 2.52. The van der Waals surface area contributed by atoms with Gasteiger partial charge in [-0.3, -0.25) is 4.79 Å². The topological polar surface area (TPSA) is 55.4 Å². The molecule has 0 saturated carbocycles. The number of benzene rings is 1. The number of esters is 1. The lowest BCUT2D eigenvalue weighted by Crippen LogP contribution is -2.33. The van der Waals surface area contributed by atoms with Gasteiger partial charge in [0.1, 0.15) is 0 Å². The number of carbonyl (C=O) groups is 2. The number of hydrogen-bond donors (Lipinski definition) is 1. The molecule has 0 radical (unpaired) electrons. The zero-order chi connectivity index (χ0) is 14.4. The van der Waals surface area contributed by atoms with Crippen LogP contribution in [0, 0.1) is 20.8 Å². The number of hydrogen-bond acceptors (Lipinski definition) is 3. The van der Waals surface area contributed by atoms with Gasteiger partial charge in [0.15, 0.2) is 0 Å². The largest absolute Gasteiger partial charge is 0.459 e. The van der Waals surface area contributed by atoms with Gasteiger partial charge in [0.2, 0.25) is 0 Å². The molecule has 1 amide bonds. The molecule has 0 saturated heterocycles. The summed E-state index contributed by atoms with van der Waals surface area (Å²) >= 11 is 0. The minimum Gasteiger partial charge on any atom is -0.459 e. The van der Waals surface area contributed by atoms with E-state index in [1.165, 1.54) is 22.3 Å². The first-order valence-corrected chi connectivity index (χ1v) is 6.48. The second-order valence-corrected chi connectivity index (χ2v) is 4.52. The fourth-order valence-corrected chi connectivity index (χ4v) is 1.86. The van der Waals surface area contributed by atoms with E-state index >= 15 is 0 Å². The lowest BCUT2D eigenvalue weighted by atomic mass is 9.97. The van der Waals surface area contributed by atoms with Crippen molar-refractivity contribution in [2.24, 2.45) is 0 Å². The van der Waals surface area contributed by atoms with Crippen molar-refractivity contribution in [3.05, 3.63) is 34.4 Å². The highest BCUT2D eigenvalue weighted by Crippen LogP contribution is 2.17. The molecule has 0 aliphatic heterocycles. The van der Waals surface area contributed by atoms with E-state index in [4.69, 9.17) is 0 Å². The van der Waals surface area contributed by atoms with E-state index in [0.717, 1.165) is 0 Å². The third-order valence-corrected chi connectivity index (χ3v) is 3.31. The van der Waals surface area contributed by atoms with Gasteiger partial charge in [-0.25, -0.2) is 4.79 Å². The summed E-state index contributed by atoms with van der Waals surface area (Å²) in [6.45, 7) is 8.55. The molecule has 0 fully saturated rings. The van der Waals surface area contributed by atoms with Crippen LogP contribution >= 0.6 is 0 Å². The lowest BCUT2D eigenvalue weighted by Gasteiger charge is -2.11. The number of rotatable bonds is 4. The number of carbonyl (C=O) groups excluding carboxylic acids is 2. The number of aryl methyl sites for hydroxylation is 1. The quantitative estimate of drug-likeness (QED) is 0.666. The normalized spacial score (nSPS) is 10.1. The first-order valence-electron chi connectivity index (χ1n) is 6.48. The number of amides is 1. The van der Waals surface area contributed by atoms with Crippen LogP contribution in [0.1, 0.15) is 29.2 Å². The summed E-state index contributed by atoms with van der Waals surface area (Å²) in [5, 5.41) is 2.56. The van der Waals surface area contributed by atoms with Crippen molar-refractivity contribution in [3.8, 4) is 0 Å². The predicted octanol–water partition coefficient (Wildman–Crippen LogP) is 1.83. The van der Waals surface area contributed by atoms with Crippen LogP contribution < -0.4 is 5.32 Å². The second-order valence-electron chi connectivity index (χ2n) is 4.52. The highest BCUT2D eigenvalue weighted by atomic mass is 16.5. The molecule has 1 N–H and O–H groups in total. The Hall–Kier alpha value is -1.84. The molecule has 0 unspecified atom stereocenters. The van der Waals surface area contributed by atoms with Crippen LogP contribution in [0.25, 0.3) is 0 Å². The summed E-state index contributed by atoms with van der Waals surface area (Å²) < 4.78 is 4.61. The lowest BCUT2D eigenvalue weighted by molar-refractivity contribution is -0.154. The molecule has 0 aromatic heterocycles. The van der Waals surface area contributed by atoms with Crippen LogP contribution in [0.5, 0.6) is 0 Å². The zero-order valence-corrected chi connectivity index (χ0v) is 12.0. The van der Waals surface area contributed by atoms with Gasteiger partial charge in [-0.15, -0.1) is 0 Å². The first kappa shape index (κ1) is 15.2. The van der Waals surface area contributed by atoms with Gasteiger partial charge in [-0.1, -0.05) is 12.1 Å². The van der Waals surface area contributed by atoms with Crippen molar-refractivity contribution in [1.29, 1.82) is 0 Å². The Labute approximate surface area is 114 Å². The smallest absolute Gasteiger partial charge is 0.396 e. The van der Waals surface area contributed by atoms with Crippen molar-refractivity contribution in [2.45, 2.75) is 34.1 Å². The van der Waals surface area contributed by atoms with E-state index in [2.05, 4.69) is 43.0 Å². The summed E-state index contributed by atoms with van der Waals surface area (Å²) in [6, 6.07) is 4.14. The Morgan fingerprint density at radius 1 is 1.16 bits per heavy atom. The Morgan fingerprint density at radius 2 is 1.84 bits per heavy atom. The molecule has 4 nitrogen and oxygen atoms in total. The van der Waals surface area contributed by atoms with Gasteiger partial charge >= 0.3 is 11.9 Å². The summed E-state index contributed by atoms with van der Waals surface area (Å²) in [5.74, 6) is -1.50. The molecule has 1 rings (SSSR count). The maximum Gasteiger partial charge on any atom is 0.396 e. The molecular weight excluding hydrogens is 242 g/mol. The van der Waals surface area contributed by atoms with Gasteiger partial charge in [-0.2, -0.15) is 0 Å². The van der Waals surface area contributed by atoms with E-state index in [-0.39, 0.29) is 6.61 Å². The minimum absolute atomic E-state index is 0.211. The number of ether oxygens (including phenoxy) is 1. The van der Waals surface area contributed by atoms with Crippen molar-refractivity contribution in [2.75, 3.05) is 13.2 Å². The zero-order valence-electron chi connectivity index (χ0n) is 12.0. The maximum atomic E-state index is 11.3. The van der Waals surface area contributed by atoms with Gasteiger partial charge in [-0.05, 0) is 56.4 Å². The van der Waals surface area contributed by atoms with Crippen molar-refractivity contribution < 1.29 is 14.3 Å². The fourth-order valence-electron chi connectivity index (χ4n) is 1.86. The standard InChI is InChI=1S/C15H21NO3/c1-5-19-15(18)14(17)16-9-8-13-7-6-10(2)11(3)12(13)4/h6-7H,5,8-9H2,1-4H3,(H,16,17). The Kier molecular flexibility index (Phi) is 5.55. The maximum absolute atomic E-state index is 11.3. The van der Waals surface area contributed by atoms with Crippen LogP contribution in [-0.4, -0.2) is 25.0 Å². The van der Waals surface area contributed by atoms with Crippen molar-refractivity contribution in [3.63, 3.8) is 0 Å². The van der Waals surface area contributed by atoms with Gasteiger partial charge in [0.25, 0.3) is 0 Å². The molecule has 0 bridgehead atoms. The van der Waals surface area contributed by atoms with Gasteiger partial charge in [0.05, 0.1) is 6.61 Å². The van der Waals surface area contributed by atoms with Crippen molar-refractivity contribution >= 4 is 11.9 Å². The summed E-state index contributed by atoms with van der Waals surface area (Å²) in [6.07, 6.45) is 0.706. The average Bonchev–Trinajstić information content (AvgIpc) is 2.39. The third-order valence-electron chi connectivity index (χ3n) is 3.31. The fraction of sp³-hybridized carbons (Fsp3) is 0.467. The van der Waals surface area contributed by atoms with Gasteiger partial charge < -0.3 is 10.1 Å². The van der Waals surface area contributed by atoms with Crippen LogP contribution in [0.4, 0.5) is 0 Å². The SMILES string of the molecule is CCOC(=O)C(=O)NCCc1ccc(C)c(C)c1C. The Bertz CT molecular complexity index is 481. The second kappa shape index (κ2) is 6.92. The monoisotopic (exact) mass is 263 g/mol. The Morgan fingerprint density at radius 3 is 2.47 bits per heavy atom.